The zero-order valence-corrected chi connectivity index (χ0v) is 13.9. The number of halogens is 1. The van der Waals surface area contributed by atoms with Crippen molar-refractivity contribution in [3.8, 4) is 0 Å². The van der Waals surface area contributed by atoms with Crippen molar-refractivity contribution in [2.24, 2.45) is 5.14 Å². The SMILES string of the molecule is C=C(OCC)c1ccc([C@@H](C)CC(C)(C)S(N)=O)c(F)c1. The third-order valence-electron chi connectivity index (χ3n) is 3.51. The first-order valence-corrected chi connectivity index (χ1v) is 8.18. The first-order valence-electron chi connectivity index (χ1n) is 6.96. The average Bonchev–Trinajstić information content (AvgIpc) is 2.37. The van der Waals surface area contributed by atoms with Crippen molar-refractivity contribution in [1.82, 2.24) is 0 Å². The third kappa shape index (κ3) is 4.64. The van der Waals surface area contributed by atoms with E-state index in [1.165, 1.54) is 6.07 Å². The molecule has 0 radical (unpaired) electrons. The molecule has 1 aromatic rings. The second kappa shape index (κ2) is 7.18. The van der Waals surface area contributed by atoms with Crippen LogP contribution in [0.15, 0.2) is 24.8 Å². The molecule has 0 saturated heterocycles. The van der Waals surface area contributed by atoms with Crippen LogP contribution in [0, 0.1) is 5.82 Å². The number of hydrogen-bond acceptors (Lipinski definition) is 2. The molecule has 0 fully saturated rings. The normalized spacial score (nSPS) is 14.6. The molecule has 0 aliphatic carbocycles. The van der Waals surface area contributed by atoms with E-state index in [1.54, 1.807) is 12.1 Å². The molecule has 0 heterocycles. The molecule has 1 rings (SSSR count). The molecular formula is C16H24FNO2S. The molecule has 21 heavy (non-hydrogen) atoms. The summed E-state index contributed by atoms with van der Waals surface area (Å²) in [4.78, 5) is 0. The molecule has 2 atom stereocenters. The van der Waals surface area contributed by atoms with Gasteiger partial charge in [0.15, 0.2) is 0 Å². The van der Waals surface area contributed by atoms with Gasteiger partial charge in [-0.25, -0.2) is 8.60 Å². The minimum atomic E-state index is -1.45. The Balaban J connectivity index is 2.94. The highest BCUT2D eigenvalue weighted by Gasteiger charge is 2.27. The van der Waals surface area contributed by atoms with Crippen LogP contribution in [0.3, 0.4) is 0 Å². The molecule has 5 heteroatoms. The number of benzene rings is 1. The summed E-state index contributed by atoms with van der Waals surface area (Å²) in [5.74, 6) is 0.0698. The Hall–Kier alpha value is -1.20. The molecule has 3 nitrogen and oxygen atoms in total. The number of nitrogens with two attached hydrogens (primary N) is 1. The third-order valence-corrected chi connectivity index (χ3v) is 4.77. The van der Waals surface area contributed by atoms with Crippen molar-refractivity contribution in [3.63, 3.8) is 0 Å². The van der Waals surface area contributed by atoms with E-state index in [0.717, 1.165) is 0 Å². The smallest absolute Gasteiger partial charge is 0.127 e. The fraction of sp³-hybridized carbons (Fsp3) is 0.500. The van der Waals surface area contributed by atoms with Crippen molar-refractivity contribution < 1.29 is 13.3 Å². The first-order chi connectivity index (χ1) is 9.69. The Labute approximate surface area is 129 Å². The van der Waals surface area contributed by atoms with Crippen LogP contribution in [0.2, 0.25) is 0 Å². The lowest BCUT2D eigenvalue weighted by atomic mass is 9.90. The Morgan fingerprint density at radius 2 is 2.14 bits per heavy atom. The monoisotopic (exact) mass is 313 g/mol. The summed E-state index contributed by atoms with van der Waals surface area (Å²) in [6.45, 7) is 11.7. The molecule has 118 valence electrons. The molecule has 0 amide bonds. The number of hydrogen-bond donors (Lipinski definition) is 1. The molecule has 0 saturated carbocycles. The highest BCUT2D eigenvalue weighted by Crippen LogP contribution is 2.31. The highest BCUT2D eigenvalue weighted by atomic mass is 32.2. The summed E-state index contributed by atoms with van der Waals surface area (Å²) < 4.78 is 30.5. The predicted octanol–water partition coefficient (Wildman–Crippen LogP) is 3.73. The molecule has 1 unspecified atom stereocenters. The second-order valence-electron chi connectivity index (χ2n) is 5.75. The minimum Gasteiger partial charge on any atom is -0.494 e. The molecule has 0 aliphatic heterocycles. The lowest BCUT2D eigenvalue weighted by Crippen LogP contribution is -2.33. The maximum absolute atomic E-state index is 14.3. The second-order valence-corrected chi connectivity index (χ2v) is 7.45. The van der Waals surface area contributed by atoms with Gasteiger partial charge in [-0.2, -0.15) is 0 Å². The van der Waals surface area contributed by atoms with Crippen LogP contribution in [0.1, 0.15) is 51.2 Å². The van der Waals surface area contributed by atoms with Crippen LogP contribution in [-0.2, 0) is 15.7 Å². The van der Waals surface area contributed by atoms with E-state index in [2.05, 4.69) is 6.58 Å². The van der Waals surface area contributed by atoms with Crippen LogP contribution < -0.4 is 5.14 Å². The standard InChI is InChI=1S/C16H24FNO2S/c1-6-20-12(3)13-7-8-14(15(17)9-13)11(2)10-16(4,5)21(18)19/h7-9,11H,3,6,10,18H2,1-2,4-5H3/t11-,21?/m0/s1. The van der Waals surface area contributed by atoms with E-state index in [1.807, 2.05) is 27.7 Å². The van der Waals surface area contributed by atoms with Gasteiger partial charge in [-0.05, 0) is 44.7 Å². The summed E-state index contributed by atoms with van der Waals surface area (Å²) >= 11 is 0. The maximum atomic E-state index is 14.3. The maximum Gasteiger partial charge on any atom is 0.127 e. The Morgan fingerprint density at radius 1 is 1.52 bits per heavy atom. The van der Waals surface area contributed by atoms with Crippen molar-refractivity contribution in [2.45, 2.75) is 44.8 Å². The number of rotatable bonds is 7. The van der Waals surface area contributed by atoms with Gasteiger partial charge >= 0.3 is 0 Å². The minimum absolute atomic E-state index is 0.0816. The first kappa shape index (κ1) is 17.9. The lowest BCUT2D eigenvalue weighted by Gasteiger charge is -2.25. The van der Waals surface area contributed by atoms with E-state index in [4.69, 9.17) is 9.88 Å². The van der Waals surface area contributed by atoms with E-state index in [9.17, 15) is 8.60 Å². The van der Waals surface area contributed by atoms with Gasteiger partial charge in [0.1, 0.15) is 11.6 Å². The van der Waals surface area contributed by atoms with Crippen molar-refractivity contribution in [3.05, 3.63) is 41.7 Å². The average molecular weight is 313 g/mol. The zero-order chi connectivity index (χ0) is 16.2. The molecule has 0 aromatic heterocycles. The van der Waals surface area contributed by atoms with Gasteiger partial charge in [0.25, 0.3) is 0 Å². The summed E-state index contributed by atoms with van der Waals surface area (Å²) in [7, 11) is -1.45. The topological polar surface area (TPSA) is 52.3 Å². The largest absolute Gasteiger partial charge is 0.494 e. The summed E-state index contributed by atoms with van der Waals surface area (Å²) in [5, 5.41) is 5.48. The highest BCUT2D eigenvalue weighted by molar-refractivity contribution is 7.84. The fourth-order valence-electron chi connectivity index (χ4n) is 2.29. The van der Waals surface area contributed by atoms with Gasteiger partial charge in [-0.15, -0.1) is 0 Å². The van der Waals surface area contributed by atoms with Gasteiger partial charge in [0.2, 0.25) is 0 Å². The van der Waals surface area contributed by atoms with E-state index >= 15 is 0 Å². The Morgan fingerprint density at radius 3 is 2.62 bits per heavy atom. The summed E-state index contributed by atoms with van der Waals surface area (Å²) in [5.41, 5.74) is 1.22. The van der Waals surface area contributed by atoms with E-state index < -0.39 is 15.7 Å². The van der Waals surface area contributed by atoms with Gasteiger partial charge < -0.3 is 4.74 Å². The number of ether oxygens (including phenoxy) is 1. The molecule has 1 aromatic carbocycles. The van der Waals surface area contributed by atoms with Crippen LogP contribution in [0.25, 0.3) is 5.76 Å². The lowest BCUT2D eigenvalue weighted by molar-refractivity contribution is 0.299. The Bertz CT molecular complexity index is 543. The quantitative estimate of drug-likeness (QED) is 0.780. The predicted molar refractivity (Wildman–Crippen MR) is 86.5 cm³/mol. The molecular weight excluding hydrogens is 289 g/mol. The molecule has 0 aliphatic rings. The fourth-order valence-corrected chi connectivity index (χ4v) is 2.70. The van der Waals surface area contributed by atoms with Crippen LogP contribution in [-0.4, -0.2) is 15.6 Å². The van der Waals surface area contributed by atoms with Crippen LogP contribution in [0.5, 0.6) is 0 Å². The van der Waals surface area contributed by atoms with Gasteiger partial charge in [-0.3, -0.25) is 5.14 Å². The van der Waals surface area contributed by atoms with E-state index in [0.29, 0.717) is 29.9 Å². The van der Waals surface area contributed by atoms with Crippen LogP contribution >= 0.6 is 0 Å². The van der Waals surface area contributed by atoms with Gasteiger partial charge in [0.05, 0.1) is 22.3 Å². The molecule has 0 bridgehead atoms. The van der Waals surface area contributed by atoms with Crippen molar-refractivity contribution in [2.75, 3.05) is 6.61 Å². The molecule has 2 N–H and O–H groups in total. The van der Waals surface area contributed by atoms with Crippen molar-refractivity contribution in [1.29, 1.82) is 0 Å². The van der Waals surface area contributed by atoms with E-state index in [-0.39, 0.29) is 11.7 Å². The summed E-state index contributed by atoms with van der Waals surface area (Å²) in [6.07, 6.45) is 0.540. The van der Waals surface area contributed by atoms with Crippen LogP contribution in [0.4, 0.5) is 4.39 Å². The summed E-state index contributed by atoms with van der Waals surface area (Å²) in [6, 6.07) is 4.95. The Kier molecular flexibility index (Phi) is 6.10. The zero-order valence-electron chi connectivity index (χ0n) is 13.1. The van der Waals surface area contributed by atoms with Crippen molar-refractivity contribution >= 4 is 16.7 Å². The van der Waals surface area contributed by atoms with Gasteiger partial charge in [-0.1, -0.05) is 25.6 Å². The van der Waals surface area contributed by atoms with Gasteiger partial charge in [0, 0.05) is 5.56 Å². The molecule has 0 spiro atoms.